The quantitative estimate of drug-likeness (QED) is 0.646. The van der Waals surface area contributed by atoms with Crippen LogP contribution in [0.3, 0.4) is 0 Å². The highest BCUT2D eigenvalue weighted by Crippen LogP contribution is 2.15. The lowest BCUT2D eigenvalue weighted by Gasteiger charge is -2.24. The van der Waals surface area contributed by atoms with Crippen LogP contribution in [0.25, 0.3) is 0 Å². The fourth-order valence-corrected chi connectivity index (χ4v) is 1.46. The maximum Gasteiger partial charge on any atom is 0.431 e. The number of benzene rings is 1. The van der Waals surface area contributed by atoms with Crippen LogP contribution in [0, 0.1) is 0 Å². The Morgan fingerprint density at radius 1 is 1.14 bits per heavy atom. The van der Waals surface area contributed by atoms with Crippen LogP contribution in [-0.2, 0) is 4.74 Å². The number of rotatable bonds is 2. The summed E-state index contributed by atoms with van der Waals surface area (Å²) in [6.45, 7) is 6.40. The molecule has 0 aromatic heterocycles. The fraction of sp³-hybridized carbons (Fsp3) is 0.357. The lowest BCUT2D eigenvalue weighted by atomic mass is 10.1. The van der Waals surface area contributed by atoms with Gasteiger partial charge in [-0.3, -0.25) is 4.79 Å². The van der Waals surface area contributed by atoms with E-state index in [-0.39, 0.29) is 11.5 Å². The molecule has 1 aromatic rings. The number of carboxylic acid groups (broad SMARTS) is 1. The molecule has 7 heteroatoms. The summed E-state index contributed by atoms with van der Waals surface area (Å²) in [7, 11) is 0. The Bertz CT molecular complexity index is 545. The monoisotopic (exact) mass is 294 g/mol. The SMILES string of the molecule is CC(=O)c1ccc(N(NC(=O)OC(C)(C)C)C(=O)O)cc1. The van der Waals surface area contributed by atoms with E-state index in [1.807, 2.05) is 0 Å². The maximum absolute atomic E-state index is 11.6. The van der Waals surface area contributed by atoms with Crippen molar-refractivity contribution in [1.82, 2.24) is 5.43 Å². The highest BCUT2D eigenvalue weighted by atomic mass is 16.6. The minimum absolute atomic E-state index is 0.136. The molecule has 0 radical (unpaired) electrons. The van der Waals surface area contributed by atoms with Gasteiger partial charge in [-0.2, -0.15) is 5.01 Å². The number of carbonyl (C=O) groups is 3. The Labute approximate surface area is 122 Å². The Morgan fingerprint density at radius 2 is 1.67 bits per heavy atom. The minimum Gasteiger partial charge on any atom is -0.463 e. The van der Waals surface area contributed by atoms with Crippen LogP contribution in [0.15, 0.2) is 24.3 Å². The van der Waals surface area contributed by atoms with Gasteiger partial charge in [0.15, 0.2) is 5.78 Å². The smallest absolute Gasteiger partial charge is 0.431 e. The largest absolute Gasteiger partial charge is 0.463 e. The van der Waals surface area contributed by atoms with E-state index >= 15 is 0 Å². The number of hydrazine groups is 1. The molecular formula is C14H18N2O5. The third-order valence-corrected chi connectivity index (χ3v) is 2.33. The number of ether oxygens (including phenoxy) is 1. The zero-order chi connectivity index (χ0) is 16.2. The first kappa shape index (κ1) is 16.5. The maximum atomic E-state index is 11.6. The van der Waals surface area contributed by atoms with E-state index in [2.05, 4.69) is 5.43 Å². The molecule has 7 nitrogen and oxygen atoms in total. The van der Waals surface area contributed by atoms with Crippen LogP contribution in [-0.4, -0.2) is 28.7 Å². The third-order valence-electron chi connectivity index (χ3n) is 2.33. The molecule has 1 aromatic carbocycles. The first-order chi connectivity index (χ1) is 9.60. The zero-order valence-corrected chi connectivity index (χ0v) is 12.3. The molecule has 0 aliphatic carbocycles. The Balaban J connectivity index is 2.89. The summed E-state index contributed by atoms with van der Waals surface area (Å²) in [6.07, 6.45) is -2.27. The Hall–Kier alpha value is -2.57. The second-order valence-corrected chi connectivity index (χ2v) is 5.33. The van der Waals surface area contributed by atoms with Gasteiger partial charge in [0.25, 0.3) is 0 Å². The molecule has 2 N–H and O–H groups in total. The Morgan fingerprint density at radius 3 is 2.05 bits per heavy atom. The van der Waals surface area contributed by atoms with Gasteiger partial charge in [-0.25, -0.2) is 15.0 Å². The molecule has 0 heterocycles. The van der Waals surface area contributed by atoms with Crippen LogP contribution >= 0.6 is 0 Å². The summed E-state index contributed by atoms with van der Waals surface area (Å²) in [4.78, 5) is 34.0. The van der Waals surface area contributed by atoms with E-state index in [0.29, 0.717) is 10.6 Å². The molecule has 0 saturated heterocycles. The van der Waals surface area contributed by atoms with Crippen LogP contribution in [0.5, 0.6) is 0 Å². The lowest BCUT2D eigenvalue weighted by Crippen LogP contribution is -2.47. The van der Waals surface area contributed by atoms with Gasteiger partial charge in [-0.15, -0.1) is 0 Å². The van der Waals surface area contributed by atoms with E-state index in [1.165, 1.54) is 31.2 Å². The van der Waals surface area contributed by atoms with Crippen LogP contribution in [0.4, 0.5) is 15.3 Å². The van der Waals surface area contributed by atoms with Crippen LogP contribution in [0.1, 0.15) is 38.1 Å². The standard InChI is InChI=1S/C14H18N2O5/c1-9(17)10-5-7-11(8-6-10)16(13(19)20)15-12(18)21-14(2,3)4/h5-8H,1-4H3,(H,15,18)(H,19,20). The molecule has 0 unspecified atom stereocenters. The van der Waals surface area contributed by atoms with Crippen LogP contribution < -0.4 is 10.4 Å². The second kappa shape index (κ2) is 6.25. The molecule has 21 heavy (non-hydrogen) atoms. The number of hydrogen-bond donors (Lipinski definition) is 2. The molecule has 0 saturated carbocycles. The second-order valence-electron chi connectivity index (χ2n) is 5.33. The van der Waals surface area contributed by atoms with E-state index in [1.54, 1.807) is 20.8 Å². The van der Waals surface area contributed by atoms with Gasteiger partial charge < -0.3 is 9.84 Å². The lowest BCUT2D eigenvalue weighted by molar-refractivity contribution is 0.0518. The molecule has 2 amide bonds. The first-order valence-electron chi connectivity index (χ1n) is 6.24. The number of anilines is 1. The van der Waals surface area contributed by atoms with Crippen molar-refractivity contribution in [2.45, 2.75) is 33.3 Å². The van der Waals surface area contributed by atoms with Crippen molar-refractivity contribution in [3.05, 3.63) is 29.8 Å². The predicted molar refractivity (Wildman–Crippen MR) is 76.3 cm³/mol. The van der Waals surface area contributed by atoms with Crippen LogP contribution in [0.2, 0.25) is 0 Å². The van der Waals surface area contributed by atoms with Crippen molar-refractivity contribution in [2.75, 3.05) is 5.01 Å². The third kappa shape index (κ3) is 5.13. The van der Waals surface area contributed by atoms with E-state index in [0.717, 1.165) is 0 Å². The number of nitrogens with zero attached hydrogens (tertiary/aromatic N) is 1. The van der Waals surface area contributed by atoms with Crippen molar-refractivity contribution in [1.29, 1.82) is 0 Å². The number of carbonyl (C=O) groups excluding carboxylic acids is 2. The van der Waals surface area contributed by atoms with Gasteiger partial charge in [0.05, 0.1) is 5.69 Å². The van der Waals surface area contributed by atoms with E-state index in [9.17, 15) is 14.4 Å². The zero-order valence-electron chi connectivity index (χ0n) is 12.3. The van der Waals surface area contributed by atoms with Crippen molar-refractivity contribution in [3.63, 3.8) is 0 Å². The predicted octanol–water partition coefficient (Wildman–Crippen LogP) is 2.81. The average molecular weight is 294 g/mol. The highest BCUT2D eigenvalue weighted by molar-refractivity contribution is 5.95. The molecule has 0 atom stereocenters. The molecule has 1 rings (SSSR count). The molecule has 114 valence electrons. The molecule has 0 spiro atoms. The number of hydrogen-bond acceptors (Lipinski definition) is 4. The summed E-state index contributed by atoms with van der Waals surface area (Å²) < 4.78 is 4.99. The summed E-state index contributed by atoms with van der Waals surface area (Å²) in [5, 5.41) is 9.76. The number of nitrogens with one attached hydrogen (secondary N) is 1. The minimum atomic E-state index is -1.38. The molecule has 0 aliphatic heterocycles. The Kier molecular flexibility index (Phi) is 4.91. The first-order valence-corrected chi connectivity index (χ1v) is 6.24. The number of amides is 2. The molecule has 0 bridgehead atoms. The molecule has 0 fully saturated rings. The van der Waals surface area contributed by atoms with Gasteiger partial charge in [0, 0.05) is 5.56 Å². The fourth-order valence-electron chi connectivity index (χ4n) is 1.46. The van der Waals surface area contributed by atoms with Gasteiger partial charge in [0.1, 0.15) is 5.60 Å². The summed E-state index contributed by atoms with van der Waals surface area (Å²) >= 11 is 0. The molecule has 0 aliphatic rings. The summed E-state index contributed by atoms with van der Waals surface area (Å²) in [5.41, 5.74) is 2.02. The highest BCUT2D eigenvalue weighted by Gasteiger charge is 2.22. The van der Waals surface area contributed by atoms with Gasteiger partial charge in [-0.1, -0.05) is 0 Å². The van der Waals surface area contributed by atoms with Gasteiger partial charge in [0.2, 0.25) is 0 Å². The topological polar surface area (TPSA) is 95.9 Å². The van der Waals surface area contributed by atoms with Gasteiger partial charge in [-0.05, 0) is 52.0 Å². The van der Waals surface area contributed by atoms with Crippen molar-refractivity contribution < 1.29 is 24.2 Å². The van der Waals surface area contributed by atoms with Gasteiger partial charge >= 0.3 is 12.2 Å². The van der Waals surface area contributed by atoms with Crippen molar-refractivity contribution >= 4 is 23.7 Å². The number of ketones is 1. The van der Waals surface area contributed by atoms with Crippen molar-refractivity contribution in [3.8, 4) is 0 Å². The van der Waals surface area contributed by atoms with E-state index in [4.69, 9.17) is 9.84 Å². The van der Waals surface area contributed by atoms with Crippen molar-refractivity contribution in [2.24, 2.45) is 0 Å². The number of Topliss-reactive ketones (excluding diaryl/α,β-unsaturated/α-hetero) is 1. The normalized spacial score (nSPS) is 10.7. The van der Waals surface area contributed by atoms with E-state index < -0.39 is 17.8 Å². The summed E-state index contributed by atoms with van der Waals surface area (Å²) in [5.74, 6) is -0.136. The summed E-state index contributed by atoms with van der Waals surface area (Å²) in [6, 6.07) is 5.79. The molecular weight excluding hydrogens is 276 g/mol. The average Bonchev–Trinajstić information content (AvgIpc) is 2.33.